The molecule has 17 heavy (non-hydrogen) atoms. The highest BCUT2D eigenvalue weighted by Crippen LogP contribution is 2.25. The molecule has 0 radical (unpaired) electrons. The van der Waals surface area contributed by atoms with Gasteiger partial charge in [0.2, 0.25) is 0 Å². The van der Waals surface area contributed by atoms with Crippen LogP contribution in [0.4, 0.5) is 0 Å². The first kappa shape index (κ1) is 14.6. The van der Waals surface area contributed by atoms with Crippen LogP contribution in [-0.4, -0.2) is 5.75 Å². The van der Waals surface area contributed by atoms with Gasteiger partial charge in [-0.05, 0) is 50.6 Å². The van der Waals surface area contributed by atoms with E-state index in [2.05, 4.69) is 40.2 Å². The first-order valence-electron chi connectivity index (χ1n) is 5.83. The van der Waals surface area contributed by atoms with Crippen LogP contribution in [0.15, 0.2) is 33.6 Å². The first-order valence-corrected chi connectivity index (χ1v) is 7.61. The van der Waals surface area contributed by atoms with E-state index in [1.165, 1.54) is 11.3 Å². The van der Waals surface area contributed by atoms with E-state index in [9.17, 15) is 0 Å². The van der Waals surface area contributed by atoms with E-state index in [1.54, 1.807) is 0 Å². The number of rotatable bonds is 6. The minimum absolute atomic E-state index is 0.166. The number of nitrogens with zero attached hydrogens (tertiary/aromatic N) is 1. The van der Waals surface area contributed by atoms with Crippen LogP contribution in [0.25, 0.3) is 0 Å². The summed E-state index contributed by atoms with van der Waals surface area (Å²) in [5, 5.41) is 8.90. The van der Waals surface area contributed by atoms with Crippen LogP contribution in [0.3, 0.4) is 0 Å². The van der Waals surface area contributed by atoms with Crippen molar-refractivity contribution in [3.8, 4) is 6.07 Å². The van der Waals surface area contributed by atoms with Gasteiger partial charge in [0, 0.05) is 9.37 Å². The van der Waals surface area contributed by atoms with Gasteiger partial charge in [-0.1, -0.05) is 28.4 Å². The molecule has 0 fully saturated rings. The van der Waals surface area contributed by atoms with Gasteiger partial charge in [-0.3, -0.25) is 0 Å². The van der Waals surface area contributed by atoms with E-state index in [0.717, 1.165) is 23.1 Å². The summed E-state index contributed by atoms with van der Waals surface area (Å²) in [7, 11) is 0. The summed E-state index contributed by atoms with van der Waals surface area (Å²) in [4.78, 5) is 1.30. The molecule has 3 heteroatoms. The molecular formula is C14H18BrNS. The topological polar surface area (TPSA) is 23.8 Å². The van der Waals surface area contributed by atoms with E-state index in [4.69, 9.17) is 5.26 Å². The van der Waals surface area contributed by atoms with Crippen molar-refractivity contribution in [2.45, 2.75) is 38.0 Å². The van der Waals surface area contributed by atoms with Crippen molar-refractivity contribution >= 4 is 27.7 Å². The standard InChI is InChI=1S/C14H18BrNS/c1-14(2,11-16)8-3-4-9-17-13-7-5-6-12(15)10-13/h5-7,10H,3-4,8-9H2,1-2H3. The molecule has 1 rings (SSSR count). The van der Waals surface area contributed by atoms with Gasteiger partial charge in [-0.25, -0.2) is 0 Å². The second kappa shape index (κ2) is 7.08. The number of hydrogen-bond donors (Lipinski definition) is 0. The molecule has 0 amide bonds. The van der Waals surface area contributed by atoms with E-state index in [0.29, 0.717) is 0 Å². The molecule has 0 aliphatic rings. The van der Waals surface area contributed by atoms with Gasteiger partial charge in [0.1, 0.15) is 0 Å². The lowest BCUT2D eigenvalue weighted by molar-refractivity contribution is 0.433. The van der Waals surface area contributed by atoms with Crippen molar-refractivity contribution in [1.29, 1.82) is 5.26 Å². The number of halogens is 1. The molecule has 0 aromatic heterocycles. The van der Waals surface area contributed by atoms with Crippen LogP contribution in [0.5, 0.6) is 0 Å². The highest BCUT2D eigenvalue weighted by molar-refractivity contribution is 9.10. The molecule has 1 aromatic rings. The van der Waals surface area contributed by atoms with Gasteiger partial charge in [0.25, 0.3) is 0 Å². The molecule has 92 valence electrons. The van der Waals surface area contributed by atoms with Crippen molar-refractivity contribution in [3.05, 3.63) is 28.7 Å². The Bertz CT molecular complexity index is 395. The smallest absolute Gasteiger partial charge is 0.0683 e. The Kier molecular flexibility index (Phi) is 6.08. The maximum absolute atomic E-state index is 8.90. The molecule has 0 N–H and O–H groups in total. The highest BCUT2D eigenvalue weighted by atomic mass is 79.9. The lowest BCUT2D eigenvalue weighted by Gasteiger charge is -2.13. The molecule has 1 nitrogen and oxygen atoms in total. The van der Waals surface area contributed by atoms with Crippen LogP contribution in [0.2, 0.25) is 0 Å². The fourth-order valence-electron chi connectivity index (χ4n) is 1.47. The molecule has 0 aliphatic heterocycles. The van der Waals surface area contributed by atoms with Crippen LogP contribution in [-0.2, 0) is 0 Å². The molecule has 0 heterocycles. The molecule has 0 atom stereocenters. The van der Waals surface area contributed by atoms with Gasteiger partial charge in [-0.2, -0.15) is 5.26 Å². The van der Waals surface area contributed by atoms with Crippen molar-refractivity contribution < 1.29 is 0 Å². The normalized spacial score (nSPS) is 11.2. The Morgan fingerprint density at radius 2 is 2.12 bits per heavy atom. The minimum Gasteiger partial charge on any atom is -0.198 e. The zero-order valence-electron chi connectivity index (χ0n) is 10.4. The third-order valence-electron chi connectivity index (χ3n) is 2.56. The number of hydrogen-bond acceptors (Lipinski definition) is 2. The van der Waals surface area contributed by atoms with E-state index in [1.807, 2.05) is 31.7 Å². The highest BCUT2D eigenvalue weighted by Gasteiger charge is 2.15. The average molecular weight is 312 g/mol. The Balaban J connectivity index is 2.19. The monoisotopic (exact) mass is 311 g/mol. The Morgan fingerprint density at radius 3 is 2.76 bits per heavy atom. The van der Waals surface area contributed by atoms with E-state index < -0.39 is 0 Å². The molecule has 0 unspecified atom stereocenters. The van der Waals surface area contributed by atoms with Gasteiger partial charge in [0.15, 0.2) is 0 Å². The van der Waals surface area contributed by atoms with Gasteiger partial charge in [0.05, 0.1) is 11.5 Å². The largest absolute Gasteiger partial charge is 0.198 e. The predicted octanol–water partition coefficient (Wildman–Crippen LogP) is 5.26. The second-order valence-corrected chi connectivity index (χ2v) is 6.84. The third-order valence-corrected chi connectivity index (χ3v) is 4.14. The summed E-state index contributed by atoms with van der Waals surface area (Å²) < 4.78 is 1.13. The molecule has 0 aliphatic carbocycles. The zero-order valence-corrected chi connectivity index (χ0v) is 12.8. The van der Waals surface area contributed by atoms with Crippen molar-refractivity contribution in [2.75, 3.05) is 5.75 Å². The second-order valence-electron chi connectivity index (χ2n) is 4.76. The van der Waals surface area contributed by atoms with Crippen LogP contribution in [0, 0.1) is 16.7 Å². The zero-order chi connectivity index (χ0) is 12.7. The van der Waals surface area contributed by atoms with Crippen LogP contribution >= 0.6 is 27.7 Å². The maximum atomic E-state index is 8.90. The SMILES string of the molecule is CC(C)(C#N)CCCCSc1cccc(Br)c1. The first-order chi connectivity index (χ1) is 8.03. The Hall–Kier alpha value is -0.460. The lowest BCUT2D eigenvalue weighted by atomic mass is 9.89. The fourth-order valence-corrected chi connectivity index (χ4v) is 2.99. The summed E-state index contributed by atoms with van der Waals surface area (Å²) >= 11 is 5.35. The van der Waals surface area contributed by atoms with Gasteiger partial charge in [-0.15, -0.1) is 11.8 Å². The fraction of sp³-hybridized carbons (Fsp3) is 0.500. The maximum Gasteiger partial charge on any atom is 0.0683 e. The summed E-state index contributed by atoms with van der Waals surface area (Å²) in [5.41, 5.74) is -0.166. The van der Waals surface area contributed by atoms with Gasteiger partial charge >= 0.3 is 0 Å². The summed E-state index contributed by atoms with van der Waals surface area (Å²) in [6.45, 7) is 4.02. The molecule has 0 bridgehead atoms. The predicted molar refractivity (Wildman–Crippen MR) is 78.1 cm³/mol. The van der Waals surface area contributed by atoms with Crippen molar-refractivity contribution in [2.24, 2.45) is 5.41 Å². The van der Waals surface area contributed by atoms with Crippen molar-refractivity contribution in [3.63, 3.8) is 0 Å². The third kappa shape index (κ3) is 6.14. The van der Waals surface area contributed by atoms with E-state index in [-0.39, 0.29) is 5.41 Å². The van der Waals surface area contributed by atoms with Crippen LogP contribution < -0.4 is 0 Å². The Labute approximate surface area is 117 Å². The van der Waals surface area contributed by atoms with Crippen LogP contribution in [0.1, 0.15) is 33.1 Å². The summed E-state index contributed by atoms with van der Waals surface area (Å²) in [6.07, 6.45) is 3.28. The number of nitriles is 1. The summed E-state index contributed by atoms with van der Waals surface area (Å²) in [6, 6.07) is 10.7. The van der Waals surface area contributed by atoms with Gasteiger partial charge < -0.3 is 0 Å². The molecular weight excluding hydrogens is 294 g/mol. The number of unbranched alkanes of at least 4 members (excludes halogenated alkanes) is 1. The number of thioether (sulfide) groups is 1. The quantitative estimate of drug-likeness (QED) is 0.528. The molecule has 0 saturated carbocycles. The lowest BCUT2D eigenvalue weighted by Crippen LogP contribution is -2.07. The molecule has 0 spiro atoms. The molecule has 0 saturated heterocycles. The van der Waals surface area contributed by atoms with Crippen molar-refractivity contribution in [1.82, 2.24) is 0 Å². The number of benzene rings is 1. The summed E-state index contributed by atoms with van der Waals surface area (Å²) in [5.74, 6) is 1.12. The average Bonchev–Trinajstić information content (AvgIpc) is 2.29. The minimum atomic E-state index is -0.166. The molecule has 1 aromatic carbocycles. The van der Waals surface area contributed by atoms with E-state index >= 15 is 0 Å². The Morgan fingerprint density at radius 1 is 1.35 bits per heavy atom.